The van der Waals surface area contributed by atoms with Gasteiger partial charge in [0.25, 0.3) is 0 Å². The minimum atomic E-state index is -3.21. The Balaban J connectivity index is 0.00000225. The highest BCUT2D eigenvalue weighted by atomic mass is 35.5. The van der Waals surface area contributed by atoms with E-state index in [0.29, 0.717) is 24.7 Å². The predicted molar refractivity (Wildman–Crippen MR) is 98.4 cm³/mol. The van der Waals surface area contributed by atoms with Crippen LogP contribution in [0.25, 0.3) is 11.4 Å². The van der Waals surface area contributed by atoms with Crippen LogP contribution in [0.5, 0.6) is 0 Å². The summed E-state index contributed by atoms with van der Waals surface area (Å²) < 4.78 is 28.4. The van der Waals surface area contributed by atoms with Gasteiger partial charge in [-0.3, -0.25) is 0 Å². The van der Waals surface area contributed by atoms with Gasteiger partial charge >= 0.3 is 0 Å². The fourth-order valence-corrected chi connectivity index (χ4v) is 4.00. The molecule has 0 radical (unpaired) electrons. The molecule has 1 aromatic carbocycles. The van der Waals surface area contributed by atoms with E-state index in [0.717, 1.165) is 18.4 Å². The summed E-state index contributed by atoms with van der Waals surface area (Å²) in [7, 11) is -3.21. The molecule has 0 bridgehead atoms. The van der Waals surface area contributed by atoms with E-state index in [1.165, 1.54) is 25.5 Å². The Kier molecular flexibility index (Phi) is 6.24. The third kappa shape index (κ3) is 4.59. The summed E-state index contributed by atoms with van der Waals surface area (Å²) >= 11 is 0. The second kappa shape index (κ2) is 7.85. The minimum absolute atomic E-state index is 0. The zero-order valence-electron chi connectivity index (χ0n) is 14.3. The molecule has 0 unspecified atom stereocenters. The number of sulfone groups is 1. The van der Waals surface area contributed by atoms with Crippen molar-refractivity contribution in [1.82, 2.24) is 10.1 Å². The maximum Gasteiger partial charge on any atom is 0.227 e. The lowest BCUT2D eigenvalue weighted by Crippen LogP contribution is -2.35. The first-order valence-corrected chi connectivity index (χ1v) is 10.1. The van der Waals surface area contributed by atoms with E-state index >= 15 is 0 Å². The lowest BCUT2D eigenvalue weighted by molar-refractivity contribution is 0.177. The highest BCUT2D eigenvalue weighted by molar-refractivity contribution is 7.90. The molecule has 2 N–H and O–H groups in total. The molecule has 0 saturated heterocycles. The summed E-state index contributed by atoms with van der Waals surface area (Å²) in [6.07, 6.45) is 7.76. The van der Waals surface area contributed by atoms with Crippen molar-refractivity contribution in [3.05, 3.63) is 30.2 Å². The van der Waals surface area contributed by atoms with E-state index in [4.69, 9.17) is 10.3 Å². The molecule has 1 aliphatic rings. The van der Waals surface area contributed by atoms with Crippen molar-refractivity contribution >= 4 is 22.2 Å². The number of hydrogen-bond acceptors (Lipinski definition) is 6. The van der Waals surface area contributed by atoms with Gasteiger partial charge in [0.15, 0.2) is 9.84 Å². The standard InChI is InChI=1S/C17H23N3O3S.ClH/c1-24(21,22)14-7-5-13(6-8-14)16-19-15(23-20-16)11-17(12-18)9-3-2-4-10-17;/h5-8H,2-4,9-12,18H2,1H3;1H. The van der Waals surface area contributed by atoms with E-state index < -0.39 is 9.84 Å². The Morgan fingerprint density at radius 2 is 1.80 bits per heavy atom. The monoisotopic (exact) mass is 385 g/mol. The van der Waals surface area contributed by atoms with Crippen molar-refractivity contribution < 1.29 is 12.9 Å². The number of hydrogen-bond donors (Lipinski definition) is 1. The Hall–Kier alpha value is -1.44. The van der Waals surface area contributed by atoms with E-state index in [-0.39, 0.29) is 22.7 Å². The molecule has 25 heavy (non-hydrogen) atoms. The smallest absolute Gasteiger partial charge is 0.227 e. The molecule has 8 heteroatoms. The number of aromatic nitrogens is 2. The molecule has 0 aliphatic heterocycles. The molecule has 1 saturated carbocycles. The second-order valence-corrected chi connectivity index (χ2v) is 8.77. The fraction of sp³-hybridized carbons (Fsp3) is 0.529. The average molecular weight is 386 g/mol. The molecule has 3 rings (SSSR count). The van der Waals surface area contributed by atoms with Crippen LogP contribution in [0.2, 0.25) is 0 Å². The summed E-state index contributed by atoms with van der Waals surface area (Å²) in [5.74, 6) is 1.08. The molecule has 6 nitrogen and oxygen atoms in total. The third-order valence-corrected chi connectivity index (χ3v) is 6.01. The van der Waals surface area contributed by atoms with Crippen LogP contribution in [0.4, 0.5) is 0 Å². The molecule has 1 aromatic heterocycles. The van der Waals surface area contributed by atoms with Gasteiger partial charge in [-0.1, -0.05) is 24.4 Å². The van der Waals surface area contributed by atoms with Crippen molar-refractivity contribution in [2.45, 2.75) is 43.4 Å². The molecule has 0 spiro atoms. The summed E-state index contributed by atoms with van der Waals surface area (Å²) in [6.45, 7) is 0.633. The zero-order valence-corrected chi connectivity index (χ0v) is 15.9. The molecular weight excluding hydrogens is 362 g/mol. The van der Waals surface area contributed by atoms with Gasteiger partial charge in [-0.25, -0.2) is 8.42 Å². The Bertz CT molecular complexity index is 797. The van der Waals surface area contributed by atoms with Gasteiger partial charge in [0.1, 0.15) is 0 Å². The normalized spacial score (nSPS) is 17.0. The molecule has 1 fully saturated rings. The lowest BCUT2D eigenvalue weighted by atomic mass is 9.72. The van der Waals surface area contributed by atoms with Crippen molar-refractivity contribution in [2.75, 3.05) is 12.8 Å². The van der Waals surface area contributed by atoms with Crippen LogP contribution in [-0.4, -0.2) is 31.4 Å². The fourth-order valence-electron chi connectivity index (χ4n) is 3.37. The van der Waals surface area contributed by atoms with Crippen molar-refractivity contribution in [2.24, 2.45) is 11.1 Å². The number of halogens is 1. The number of nitrogens with zero attached hydrogens (tertiary/aromatic N) is 2. The largest absolute Gasteiger partial charge is 0.339 e. The van der Waals surface area contributed by atoms with Crippen LogP contribution in [0.1, 0.15) is 38.0 Å². The average Bonchev–Trinajstić information content (AvgIpc) is 3.03. The van der Waals surface area contributed by atoms with Gasteiger partial charge in [-0.05, 0) is 49.1 Å². The van der Waals surface area contributed by atoms with Crippen LogP contribution >= 0.6 is 12.4 Å². The summed E-state index contributed by atoms with van der Waals surface area (Å²) in [4.78, 5) is 4.75. The summed E-state index contributed by atoms with van der Waals surface area (Å²) in [6, 6.07) is 6.51. The first-order valence-electron chi connectivity index (χ1n) is 8.25. The summed E-state index contributed by atoms with van der Waals surface area (Å²) in [5.41, 5.74) is 6.83. The summed E-state index contributed by atoms with van der Waals surface area (Å²) in [5, 5.41) is 4.03. The van der Waals surface area contributed by atoms with Crippen molar-refractivity contribution in [3.8, 4) is 11.4 Å². The Morgan fingerprint density at radius 1 is 1.16 bits per heavy atom. The van der Waals surface area contributed by atoms with E-state index in [1.807, 2.05) is 0 Å². The van der Waals surface area contributed by atoms with E-state index in [1.54, 1.807) is 24.3 Å². The molecule has 1 aliphatic carbocycles. The van der Waals surface area contributed by atoms with Crippen LogP contribution in [-0.2, 0) is 16.3 Å². The van der Waals surface area contributed by atoms with E-state index in [2.05, 4.69) is 10.1 Å². The Labute approximate surface area is 154 Å². The molecule has 0 amide bonds. The maximum atomic E-state index is 11.5. The Morgan fingerprint density at radius 3 is 2.36 bits per heavy atom. The quantitative estimate of drug-likeness (QED) is 0.849. The van der Waals surface area contributed by atoms with Crippen LogP contribution in [0.15, 0.2) is 33.7 Å². The van der Waals surface area contributed by atoms with Crippen LogP contribution < -0.4 is 5.73 Å². The van der Waals surface area contributed by atoms with Gasteiger partial charge < -0.3 is 10.3 Å². The van der Waals surface area contributed by atoms with Gasteiger partial charge in [-0.2, -0.15) is 4.98 Å². The van der Waals surface area contributed by atoms with Gasteiger partial charge in [0, 0.05) is 18.2 Å². The molecular formula is C17H24ClN3O3S. The number of nitrogens with two attached hydrogens (primary N) is 1. The molecule has 1 heterocycles. The van der Waals surface area contributed by atoms with E-state index in [9.17, 15) is 8.42 Å². The molecule has 138 valence electrons. The first-order chi connectivity index (χ1) is 11.4. The first kappa shape index (κ1) is 19.9. The minimum Gasteiger partial charge on any atom is -0.339 e. The van der Waals surface area contributed by atoms with Crippen molar-refractivity contribution in [3.63, 3.8) is 0 Å². The second-order valence-electron chi connectivity index (χ2n) is 6.75. The number of rotatable bonds is 5. The van der Waals surface area contributed by atoms with Gasteiger partial charge in [0.2, 0.25) is 11.7 Å². The highest BCUT2D eigenvalue weighted by Crippen LogP contribution is 2.38. The highest BCUT2D eigenvalue weighted by Gasteiger charge is 2.33. The third-order valence-electron chi connectivity index (χ3n) is 4.88. The SMILES string of the molecule is CS(=O)(=O)c1ccc(-c2noc(CC3(CN)CCCCC3)n2)cc1.Cl. The van der Waals surface area contributed by atoms with Crippen molar-refractivity contribution in [1.29, 1.82) is 0 Å². The zero-order chi connectivity index (χ0) is 17.2. The maximum absolute atomic E-state index is 11.5. The predicted octanol–water partition coefficient (Wildman–Crippen LogP) is 3.01. The topological polar surface area (TPSA) is 99.1 Å². The number of benzene rings is 1. The van der Waals surface area contributed by atoms with Gasteiger partial charge in [0.05, 0.1) is 4.90 Å². The molecule has 0 atom stereocenters. The lowest BCUT2D eigenvalue weighted by Gasteiger charge is -2.34. The van der Waals surface area contributed by atoms with Crippen LogP contribution in [0, 0.1) is 5.41 Å². The van der Waals surface area contributed by atoms with Gasteiger partial charge in [-0.15, -0.1) is 12.4 Å². The molecule has 2 aromatic rings. The van der Waals surface area contributed by atoms with Crippen LogP contribution in [0.3, 0.4) is 0 Å².